The van der Waals surface area contributed by atoms with E-state index in [0.717, 1.165) is 7.05 Å². The van der Waals surface area contributed by atoms with Crippen molar-refractivity contribution in [2.24, 2.45) is 0 Å². The summed E-state index contributed by atoms with van der Waals surface area (Å²) in [7, 11) is -3.35. The standard InChI is InChI=1S/C8H5N3O7S/c1-9-8(12)7-5(11(15)16)2-4(10(13)14)3-6(7)19(9,17)18/h2-3H,1H3. The van der Waals surface area contributed by atoms with Gasteiger partial charge in [0.2, 0.25) is 0 Å². The zero-order valence-corrected chi connectivity index (χ0v) is 10.1. The quantitative estimate of drug-likeness (QED) is 0.561. The number of sulfonamides is 1. The second-order valence-corrected chi connectivity index (χ2v) is 5.57. The van der Waals surface area contributed by atoms with Crippen LogP contribution in [0.4, 0.5) is 11.4 Å². The highest BCUT2D eigenvalue weighted by Crippen LogP contribution is 2.38. The summed E-state index contributed by atoms with van der Waals surface area (Å²) < 4.78 is 23.9. The third-order valence-corrected chi connectivity index (χ3v) is 4.38. The first-order valence-corrected chi connectivity index (χ1v) is 6.12. The van der Waals surface area contributed by atoms with Crippen molar-refractivity contribution in [2.75, 3.05) is 7.05 Å². The molecule has 0 unspecified atom stereocenters. The number of carbonyl (C=O) groups is 1. The topological polar surface area (TPSA) is 141 Å². The molecule has 1 amide bonds. The second-order valence-electron chi connectivity index (χ2n) is 3.63. The number of fused-ring (bicyclic) bond motifs is 1. The smallest absolute Gasteiger partial charge is 0.268 e. The summed E-state index contributed by atoms with van der Waals surface area (Å²) in [5.74, 6) is -1.09. The van der Waals surface area contributed by atoms with Gasteiger partial charge in [-0.25, -0.2) is 12.7 Å². The number of hydrogen-bond donors (Lipinski definition) is 0. The highest BCUT2D eigenvalue weighted by Gasteiger charge is 2.45. The highest BCUT2D eigenvalue weighted by atomic mass is 32.2. The van der Waals surface area contributed by atoms with E-state index >= 15 is 0 Å². The number of nitro benzene ring substituents is 2. The average Bonchev–Trinajstić information content (AvgIpc) is 2.50. The number of benzene rings is 1. The van der Waals surface area contributed by atoms with Crippen LogP contribution >= 0.6 is 0 Å². The third kappa shape index (κ3) is 1.62. The molecule has 10 nitrogen and oxygen atoms in total. The van der Waals surface area contributed by atoms with Gasteiger partial charge in [0.15, 0.2) is 0 Å². The Morgan fingerprint density at radius 1 is 1.16 bits per heavy atom. The molecule has 19 heavy (non-hydrogen) atoms. The lowest BCUT2D eigenvalue weighted by Gasteiger charge is -2.05. The molecule has 0 fully saturated rings. The molecule has 11 heteroatoms. The molecular formula is C8H5N3O7S. The molecule has 100 valence electrons. The minimum atomic E-state index is -4.27. The fourth-order valence-corrected chi connectivity index (χ4v) is 2.99. The van der Waals surface area contributed by atoms with Gasteiger partial charge in [0.05, 0.1) is 15.9 Å². The zero-order chi connectivity index (χ0) is 14.5. The van der Waals surface area contributed by atoms with Crippen LogP contribution in [0.5, 0.6) is 0 Å². The number of nitro groups is 2. The SMILES string of the molecule is CN1C(=O)c2c([N+](=O)[O-])cc([N+](=O)[O-])cc2S1(=O)=O. The largest absolute Gasteiger partial charge is 0.290 e. The van der Waals surface area contributed by atoms with Crippen LogP contribution in [0.25, 0.3) is 0 Å². The van der Waals surface area contributed by atoms with Gasteiger partial charge in [0.1, 0.15) is 10.5 Å². The summed E-state index contributed by atoms with van der Waals surface area (Å²) >= 11 is 0. The Kier molecular flexibility index (Phi) is 2.52. The lowest BCUT2D eigenvalue weighted by atomic mass is 10.1. The second kappa shape index (κ2) is 3.71. The summed E-state index contributed by atoms with van der Waals surface area (Å²) in [6.45, 7) is 0. The number of hydrogen-bond acceptors (Lipinski definition) is 7. The first-order chi connectivity index (χ1) is 8.67. The first-order valence-electron chi connectivity index (χ1n) is 4.68. The highest BCUT2D eigenvalue weighted by molar-refractivity contribution is 7.90. The molecule has 1 aromatic rings. The van der Waals surface area contributed by atoms with Gasteiger partial charge in [-0.1, -0.05) is 0 Å². The van der Waals surface area contributed by atoms with Crippen molar-refractivity contribution in [3.63, 3.8) is 0 Å². The normalized spacial score (nSPS) is 16.3. The first kappa shape index (κ1) is 12.9. The van der Waals surface area contributed by atoms with Crippen LogP contribution in [-0.2, 0) is 10.0 Å². The monoisotopic (exact) mass is 287 g/mol. The van der Waals surface area contributed by atoms with E-state index in [2.05, 4.69) is 0 Å². The van der Waals surface area contributed by atoms with Gasteiger partial charge < -0.3 is 0 Å². The van der Waals surface area contributed by atoms with Gasteiger partial charge in [-0.2, -0.15) is 0 Å². The minimum absolute atomic E-state index is 0.314. The molecule has 0 aromatic heterocycles. The van der Waals surface area contributed by atoms with Crippen LogP contribution in [0.2, 0.25) is 0 Å². The van der Waals surface area contributed by atoms with Crippen molar-refractivity contribution in [3.8, 4) is 0 Å². The van der Waals surface area contributed by atoms with Crippen LogP contribution in [-0.4, -0.2) is 35.5 Å². The molecule has 0 N–H and O–H groups in total. The van der Waals surface area contributed by atoms with E-state index in [-0.39, 0.29) is 0 Å². The Labute approximate surface area is 105 Å². The van der Waals surface area contributed by atoms with Crippen molar-refractivity contribution in [2.45, 2.75) is 4.90 Å². The Morgan fingerprint density at radius 2 is 1.74 bits per heavy atom. The van der Waals surface area contributed by atoms with E-state index < -0.39 is 47.6 Å². The Bertz CT molecular complexity index is 739. The molecule has 0 saturated heterocycles. The molecule has 1 aromatic carbocycles. The number of nitrogens with zero attached hydrogens (tertiary/aromatic N) is 3. The Morgan fingerprint density at radius 3 is 2.21 bits per heavy atom. The molecule has 0 atom stereocenters. The van der Waals surface area contributed by atoms with Gasteiger partial charge in [0, 0.05) is 13.1 Å². The van der Waals surface area contributed by atoms with Crippen LogP contribution in [0.3, 0.4) is 0 Å². The average molecular weight is 287 g/mol. The summed E-state index contributed by atoms with van der Waals surface area (Å²) in [5.41, 5.74) is -2.32. The fraction of sp³-hybridized carbons (Fsp3) is 0.125. The van der Waals surface area contributed by atoms with E-state index in [1.165, 1.54) is 0 Å². The molecule has 1 aliphatic heterocycles. The molecule has 0 radical (unpaired) electrons. The molecule has 2 rings (SSSR count). The van der Waals surface area contributed by atoms with Gasteiger partial charge in [0.25, 0.3) is 27.3 Å². The molecule has 0 saturated carbocycles. The van der Waals surface area contributed by atoms with Crippen molar-refractivity contribution < 1.29 is 23.1 Å². The zero-order valence-electron chi connectivity index (χ0n) is 9.26. The molecule has 1 aliphatic rings. The third-order valence-electron chi connectivity index (χ3n) is 2.61. The van der Waals surface area contributed by atoms with Gasteiger partial charge in [-0.15, -0.1) is 0 Å². The van der Waals surface area contributed by atoms with Crippen LogP contribution in [0.15, 0.2) is 17.0 Å². The fourth-order valence-electron chi connectivity index (χ4n) is 1.67. The summed E-state index contributed by atoms with van der Waals surface area (Å²) in [6, 6.07) is 1.20. The lowest BCUT2D eigenvalue weighted by Crippen LogP contribution is -2.25. The predicted molar refractivity (Wildman–Crippen MR) is 59.0 cm³/mol. The maximum atomic E-state index is 11.8. The van der Waals surface area contributed by atoms with Crippen molar-refractivity contribution in [1.29, 1.82) is 0 Å². The van der Waals surface area contributed by atoms with Crippen molar-refractivity contribution in [3.05, 3.63) is 37.9 Å². The molecule has 1 heterocycles. The van der Waals surface area contributed by atoms with Crippen LogP contribution < -0.4 is 0 Å². The maximum Gasteiger partial charge on any atom is 0.290 e. The van der Waals surface area contributed by atoms with Crippen LogP contribution in [0, 0.1) is 20.2 Å². The number of amides is 1. The lowest BCUT2D eigenvalue weighted by molar-refractivity contribution is -0.394. The van der Waals surface area contributed by atoms with E-state index in [9.17, 15) is 33.4 Å². The van der Waals surface area contributed by atoms with Crippen LogP contribution in [0.1, 0.15) is 10.4 Å². The summed E-state index contributed by atoms with van der Waals surface area (Å²) in [5, 5.41) is 21.5. The number of non-ortho nitro benzene ring substituents is 1. The van der Waals surface area contributed by atoms with E-state index in [1.807, 2.05) is 0 Å². The van der Waals surface area contributed by atoms with Gasteiger partial charge >= 0.3 is 0 Å². The van der Waals surface area contributed by atoms with Crippen molar-refractivity contribution >= 4 is 27.3 Å². The van der Waals surface area contributed by atoms with E-state index in [0.29, 0.717) is 16.4 Å². The summed E-state index contributed by atoms with van der Waals surface area (Å²) in [4.78, 5) is 30.4. The molecule has 0 spiro atoms. The van der Waals surface area contributed by atoms with E-state index in [1.54, 1.807) is 0 Å². The van der Waals surface area contributed by atoms with Crippen molar-refractivity contribution in [1.82, 2.24) is 4.31 Å². The molecular weight excluding hydrogens is 282 g/mol. The molecule has 0 aliphatic carbocycles. The van der Waals surface area contributed by atoms with Gasteiger partial charge in [-0.05, 0) is 0 Å². The number of carbonyl (C=O) groups excluding carboxylic acids is 1. The number of rotatable bonds is 2. The van der Waals surface area contributed by atoms with E-state index in [4.69, 9.17) is 0 Å². The minimum Gasteiger partial charge on any atom is -0.268 e. The summed E-state index contributed by atoms with van der Waals surface area (Å²) in [6.07, 6.45) is 0. The maximum absolute atomic E-state index is 11.8. The Balaban J connectivity index is 2.93. The predicted octanol–water partition coefficient (Wildman–Crippen LogP) is 0.277. The Hall–Kier alpha value is -2.56. The molecule has 0 bridgehead atoms. The van der Waals surface area contributed by atoms with Gasteiger partial charge in [-0.3, -0.25) is 25.0 Å².